The maximum absolute atomic E-state index is 11.6. The minimum absolute atomic E-state index is 0.213. The second-order valence-electron chi connectivity index (χ2n) is 4.17. The van der Waals surface area contributed by atoms with Crippen LogP contribution in [0.5, 0.6) is 0 Å². The molecular formula is C11H21NO4. The highest BCUT2D eigenvalue weighted by molar-refractivity contribution is 5.79. The summed E-state index contributed by atoms with van der Waals surface area (Å²) in [5.41, 5.74) is 4.87. The van der Waals surface area contributed by atoms with E-state index < -0.39 is 17.4 Å². The van der Waals surface area contributed by atoms with Crippen LogP contribution in [0.4, 0.5) is 0 Å². The van der Waals surface area contributed by atoms with E-state index in [2.05, 4.69) is 0 Å². The van der Waals surface area contributed by atoms with Gasteiger partial charge in [-0.1, -0.05) is 0 Å². The lowest BCUT2D eigenvalue weighted by molar-refractivity contribution is -0.155. The maximum atomic E-state index is 11.6. The number of carbonyl (C=O) groups excluding carboxylic acids is 2. The van der Waals surface area contributed by atoms with Crippen LogP contribution in [0.25, 0.3) is 0 Å². The standard InChI is InChI=1S/C11H21NO4/c1-5-15-9(13)8(12)7-11(3,4)10(14)16-6-2/h8H,5-7,12H2,1-4H3/t8-/m0/s1. The summed E-state index contributed by atoms with van der Waals surface area (Å²) in [5.74, 6) is -0.838. The Balaban J connectivity index is 4.34. The van der Waals surface area contributed by atoms with E-state index in [9.17, 15) is 9.59 Å². The highest BCUT2D eigenvalue weighted by Crippen LogP contribution is 2.24. The lowest BCUT2D eigenvalue weighted by Crippen LogP contribution is -2.40. The first kappa shape index (κ1) is 14.9. The van der Waals surface area contributed by atoms with E-state index in [1.807, 2.05) is 0 Å². The first-order chi connectivity index (χ1) is 7.35. The maximum Gasteiger partial charge on any atom is 0.322 e. The molecule has 0 saturated heterocycles. The van der Waals surface area contributed by atoms with Crippen LogP contribution in [0, 0.1) is 5.41 Å². The summed E-state index contributed by atoms with van der Waals surface area (Å²) < 4.78 is 9.67. The van der Waals surface area contributed by atoms with Crippen molar-refractivity contribution >= 4 is 11.9 Å². The Kier molecular flexibility index (Phi) is 6.03. The minimum atomic E-state index is -0.792. The quantitative estimate of drug-likeness (QED) is 0.686. The number of hydrogen-bond acceptors (Lipinski definition) is 5. The van der Waals surface area contributed by atoms with Crippen LogP contribution in [-0.4, -0.2) is 31.2 Å². The van der Waals surface area contributed by atoms with Gasteiger partial charge >= 0.3 is 11.9 Å². The molecule has 0 aliphatic heterocycles. The molecule has 0 saturated carbocycles. The predicted molar refractivity (Wildman–Crippen MR) is 59.6 cm³/mol. The molecule has 0 radical (unpaired) electrons. The van der Waals surface area contributed by atoms with Gasteiger partial charge in [0.15, 0.2) is 0 Å². The van der Waals surface area contributed by atoms with E-state index in [4.69, 9.17) is 15.2 Å². The molecular weight excluding hydrogens is 210 g/mol. The van der Waals surface area contributed by atoms with Crippen molar-refractivity contribution in [2.75, 3.05) is 13.2 Å². The average Bonchev–Trinajstić information content (AvgIpc) is 2.17. The fourth-order valence-electron chi connectivity index (χ4n) is 1.29. The number of ether oxygens (including phenoxy) is 2. The summed E-state index contributed by atoms with van der Waals surface area (Å²) >= 11 is 0. The highest BCUT2D eigenvalue weighted by Gasteiger charge is 2.33. The molecule has 0 amide bonds. The Morgan fingerprint density at radius 3 is 2.12 bits per heavy atom. The first-order valence-corrected chi connectivity index (χ1v) is 5.44. The Labute approximate surface area is 96.3 Å². The van der Waals surface area contributed by atoms with E-state index in [0.717, 1.165) is 0 Å². The molecule has 0 heterocycles. The third-order valence-corrected chi connectivity index (χ3v) is 2.15. The molecule has 0 aromatic heterocycles. The van der Waals surface area contributed by atoms with Gasteiger partial charge in [0.1, 0.15) is 6.04 Å². The van der Waals surface area contributed by atoms with Gasteiger partial charge in [-0.2, -0.15) is 0 Å². The zero-order valence-electron chi connectivity index (χ0n) is 10.4. The van der Waals surface area contributed by atoms with Crippen LogP contribution in [0.15, 0.2) is 0 Å². The third-order valence-electron chi connectivity index (χ3n) is 2.15. The van der Waals surface area contributed by atoms with Crippen molar-refractivity contribution in [2.24, 2.45) is 11.1 Å². The van der Waals surface area contributed by atoms with E-state index in [1.54, 1.807) is 27.7 Å². The number of nitrogens with two attached hydrogens (primary N) is 1. The van der Waals surface area contributed by atoms with Crippen LogP contribution >= 0.6 is 0 Å². The summed E-state index contributed by atoms with van der Waals surface area (Å²) in [5, 5.41) is 0. The molecule has 0 aliphatic carbocycles. The van der Waals surface area contributed by atoms with Crippen molar-refractivity contribution in [2.45, 2.75) is 40.2 Å². The van der Waals surface area contributed by atoms with Crippen molar-refractivity contribution in [3.05, 3.63) is 0 Å². The van der Waals surface area contributed by atoms with Gasteiger partial charge in [0, 0.05) is 0 Å². The summed E-state index contributed by atoms with van der Waals surface area (Å²) in [6.07, 6.45) is 0.213. The lowest BCUT2D eigenvalue weighted by Gasteiger charge is -2.24. The second kappa shape index (κ2) is 6.48. The van der Waals surface area contributed by atoms with Gasteiger partial charge in [-0.25, -0.2) is 0 Å². The average molecular weight is 231 g/mol. The summed E-state index contributed by atoms with van der Waals surface area (Å²) in [6.45, 7) is 7.44. The van der Waals surface area contributed by atoms with E-state index in [-0.39, 0.29) is 19.0 Å². The summed E-state index contributed by atoms with van der Waals surface area (Å²) in [7, 11) is 0. The first-order valence-electron chi connectivity index (χ1n) is 5.44. The highest BCUT2D eigenvalue weighted by atomic mass is 16.5. The molecule has 0 fully saturated rings. The smallest absolute Gasteiger partial charge is 0.322 e. The molecule has 0 aromatic rings. The SMILES string of the molecule is CCOC(=O)[C@@H](N)CC(C)(C)C(=O)OCC. The van der Waals surface area contributed by atoms with Crippen molar-refractivity contribution in [3.8, 4) is 0 Å². The molecule has 5 nitrogen and oxygen atoms in total. The van der Waals surface area contributed by atoms with Crippen LogP contribution in [0.1, 0.15) is 34.1 Å². The van der Waals surface area contributed by atoms with Crippen LogP contribution in [-0.2, 0) is 19.1 Å². The molecule has 0 aliphatic rings. The molecule has 16 heavy (non-hydrogen) atoms. The van der Waals surface area contributed by atoms with Gasteiger partial charge in [0.25, 0.3) is 0 Å². The Bertz CT molecular complexity index is 250. The van der Waals surface area contributed by atoms with Crippen molar-refractivity contribution in [1.29, 1.82) is 0 Å². The molecule has 1 atom stereocenters. The molecule has 0 rings (SSSR count). The van der Waals surface area contributed by atoms with Crippen LogP contribution in [0.2, 0.25) is 0 Å². The summed E-state index contributed by atoms with van der Waals surface area (Å²) in [6, 6.07) is -0.792. The van der Waals surface area contributed by atoms with E-state index in [1.165, 1.54) is 0 Å². The Morgan fingerprint density at radius 2 is 1.69 bits per heavy atom. The molecule has 0 aromatic carbocycles. The Morgan fingerprint density at radius 1 is 1.19 bits per heavy atom. The third kappa shape index (κ3) is 4.61. The van der Waals surface area contributed by atoms with Gasteiger partial charge in [0.2, 0.25) is 0 Å². The molecule has 5 heteroatoms. The zero-order chi connectivity index (χ0) is 12.8. The van der Waals surface area contributed by atoms with E-state index >= 15 is 0 Å². The van der Waals surface area contributed by atoms with Crippen molar-refractivity contribution < 1.29 is 19.1 Å². The topological polar surface area (TPSA) is 78.6 Å². The fraction of sp³-hybridized carbons (Fsp3) is 0.818. The van der Waals surface area contributed by atoms with Crippen molar-refractivity contribution in [1.82, 2.24) is 0 Å². The van der Waals surface area contributed by atoms with Crippen LogP contribution < -0.4 is 5.73 Å². The van der Waals surface area contributed by atoms with Gasteiger partial charge in [-0.15, -0.1) is 0 Å². The monoisotopic (exact) mass is 231 g/mol. The molecule has 2 N–H and O–H groups in total. The molecule has 94 valence electrons. The molecule has 0 unspecified atom stereocenters. The minimum Gasteiger partial charge on any atom is -0.466 e. The lowest BCUT2D eigenvalue weighted by atomic mass is 9.86. The second-order valence-corrected chi connectivity index (χ2v) is 4.17. The predicted octanol–water partition coefficient (Wildman–Crippen LogP) is 0.856. The van der Waals surface area contributed by atoms with Gasteiger partial charge in [0.05, 0.1) is 18.6 Å². The van der Waals surface area contributed by atoms with Gasteiger partial charge in [-0.3, -0.25) is 9.59 Å². The number of rotatable bonds is 6. The fourth-order valence-corrected chi connectivity index (χ4v) is 1.29. The van der Waals surface area contributed by atoms with Gasteiger partial charge < -0.3 is 15.2 Å². The largest absolute Gasteiger partial charge is 0.466 e. The normalized spacial score (nSPS) is 13.1. The summed E-state index contributed by atoms with van der Waals surface area (Å²) in [4.78, 5) is 22.9. The number of esters is 2. The molecule has 0 bridgehead atoms. The zero-order valence-corrected chi connectivity index (χ0v) is 10.4. The van der Waals surface area contributed by atoms with Gasteiger partial charge in [-0.05, 0) is 34.1 Å². The molecule has 0 spiro atoms. The Hall–Kier alpha value is -1.10. The number of hydrogen-bond donors (Lipinski definition) is 1. The van der Waals surface area contributed by atoms with Crippen molar-refractivity contribution in [3.63, 3.8) is 0 Å². The van der Waals surface area contributed by atoms with E-state index in [0.29, 0.717) is 6.61 Å². The number of carbonyl (C=O) groups is 2. The van der Waals surface area contributed by atoms with Crippen LogP contribution in [0.3, 0.4) is 0 Å².